The molecule has 2 unspecified atom stereocenters. The van der Waals surface area contributed by atoms with Gasteiger partial charge in [-0.05, 0) is 44.7 Å². The van der Waals surface area contributed by atoms with E-state index in [1.54, 1.807) is 0 Å². The topological polar surface area (TPSA) is 47.1 Å². The van der Waals surface area contributed by atoms with Crippen LogP contribution in [-0.2, 0) is 20.0 Å². The molecule has 0 aliphatic carbocycles. The van der Waals surface area contributed by atoms with E-state index in [4.69, 9.17) is 5.73 Å². The van der Waals surface area contributed by atoms with Crippen LogP contribution in [0.4, 0.5) is 0 Å². The van der Waals surface area contributed by atoms with Crippen molar-refractivity contribution in [1.29, 1.82) is 0 Å². The van der Waals surface area contributed by atoms with Crippen LogP contribution in [0.15, 0.2) is 6.07 Å². The minimum absolute atomic E-state index is 0.660. The number of aromatic nitrogens is 2. The third-order valence-corrected chi connectivity index (χ3v) is 4.20. The van der Waals surface area contributed by atoms with Gasteiger partial charge in [-0.1, -0.05) is 6.92 Å². The lowest BCUT2D eigenvalue weighted by Gasteiger charge is -2.37. The van der Waals surface area contributed by atoms with E-state index in [1.165, 1.54) is 24.2 Å². The summed E-state index contributed by atoms with van der Waals surface area (Å²) in [6.07, 6.45) is 3.55. The van der Waals surface area contributed by atoms with Gasteiger partial charge in [0.25, 0.3) is 0 Å². The fraction of sp³-hybridized carbons (Fsp3) is 0.786. The molecule has 2 atom stereocenters. The predicted octanol–water partition coefficient (Wildman–Crippen LogP) is 1.54. The summed E-state index contributed by atoms with van der Waals surface area (Å²) in [5.41, 5.74) is 8.32. The lowest BCUT2D eigenvalue weighted by molar-refractivity contribution is 0.110. The van der Waals surface area contributed by atoms with Crippen LogP contribution >= 0.6 is 0 Å². The van der Waals surface area contributed by atoms with E-state index in [1.807, 2.05) is 11.7 Å². The normalized spacial score (nSPS) is 25.6. The first-order valence-corrected chi connectivity index (χ1v) is 7.10. The first-order chi connectivity index (χ1) is 8.63. The summed E-state index contributed by atoms with van der Waals surface area (Å²) in [6.45, 7) is 7.42. The standard InChI is InChI=1S/C14H26N4/c1-4-13-7-14(17(3)16-13)10-18-9-12(8-15)6-5-11(18)2/h7,11-12H,4-6,8-10,15H2,1-3H3. The van der Waals surface area contributed by atoms with Gasteiger partial charge in [-0.2, -0.15) is 5.10 Å². The van der Waals surface area contributed by atoms with E-state index in [0.29, 0.717) is 12.0 Å². The van der Waals surface area contributed by atoms with Gasteiger partial charge in [0, 0.05) is 26.2 Å². The Bertz CT molecular complexity index is 385. The molecular formula is C14H26N4. The van der Waals surface area contributed by atoms with Crippen molar-refractivity contribution in [2.45, 2.75) is 45.7 Å². The Hall–Kier alpha value is -0.870. The van der Waals surface area contributed by atoms with Crippen molar-refractivity contribution in [3.63, 3.8) is 0 Å². The lowest BCUT2D eigenvalue weighted by Crippen LogP contribution is -2.43. The van der Waals surface area contributed by atoms with Gasteiger partial charge < -0.3 is 5.73 Å². The largest absolute Gasteiger partial charge is 0.330 e. The molecular weight excluding hydrogens is 224 g/mol. The fourth-order valence-electron chi connectivity index (χ4n) is 2.78. The van der Waals surface area contributed by atoms with E-state index in [-0.39, 0.29) is 0 Å². The van der Waals surface area contributed by atoms with Crippen molar-refractivity contribution in [2.75, 3.05) is 13.1 Å². The minimum Gasteiger partial charge on any atom is -0.330 e. The summed E-state index contributed by atoms with van der Waals surface area (Å²) in [5.74, 6) is 0.667. The predicted molar refractivity (Wildman–Crippen MR) is 74.2 cm³/mol. The number of hydrogen-bond acceptors (Lipinski definition) is 3. The molecule has 1 saturated heterocycles. The van der Waals surface area contributed by atoms with Gasteiger partial charge in [0.05, 0.1) is 11.4 Å². The molecule has 1 aliphatic heterocycles. The van der Waals surface area contributed by atoms with Crippen LogP contribution in [0, 0.1) is 5.92 Å². The molecule has 102 valence electrons. The van der Waals surface area contributed by atoms with Crippen LogP contribution < -0.4 is 5.73 Å². The van der Waals surface area contributed by atoms with Crippen LogP contribution in [0.5, 0.6) is 0 Å². The highest BCUT2D eigenvalue weighted by molar-refractivity contribution is 5.10. The molecule has 2 rings (SSSR count). The summed E-state index contributed by atoms with van der Waals surface area (Å²) in [4.78, 5) is 2.55. The molecule has 0 saturated carbocycles. The summed E-state index contributed by atoms with van der Waals surface area (Å²) in [7, 11) is 2.05. The third kappa shape index (κ3) is 2.93. The van der Waals surface area contributed by atoms with Gasteiger partial charge in [0.2, 0.25) is 0 Å². The molecule has 1 aliphatic rings. The van der Waals surface area contributed by atoms with Crippen molar-refractivity contribution in [3.05, 3.63) is 17.5 Å². The van der Waals surface area contributed by atoms with Crippen LogP contribution in [0.3, 0.4) is 0 Å². The van der Waals surface area contributed by atoms with E-state index in [0.717, 1.165) is 26.1 Å². The molecule has 0 aromatic carbocycles. The number of rotatable bonds is 4. The Kier molecular flexibility index (Phi) is 4.40. The monoisotopic (exact) mass is 250 g/mol. The van der Waals surface area contributed by atoms with E-state index in [2.05, 4.69) is 29.9 Å². The molecule has 0 radical (unpaired) electrons. The fourth-order valence-corrected chi connectivity index (χ4v) is 2.78. The van der Waals surface area contributed by atoms with E-state index < -0.39 is 0 Å². The highest BCUT2D eigenvalue weighted by Gasteiger charge is 2.25. The third-order valence-electron chi connectivity index (χ3n) is 4.20. The van der Waals surface area contributed by atoms with Crippen LogP contribution in [-0.4, -0.2) is 33.8 Å². The SMILES string of the molecule is CCc1cc(CN2CC(CN)CCC2C)n(C)n1. The zero-order valence-corrected chi connectivity index (χ0v) is 11.9. The van der Waals surface area contributed by atoms with Gasteiger partial charge in [0.1, 0.15) is 0 Å². The molecule has 4 nitrogen and oxygen atoms in total. The molecule has 0 amide bonds. The maximum absolute atomic E-state index is 5.82. The highest BCUT2D eigenvalue weighted by Crippen LogP contribution is 2.23. The van der Waals surface area contributed by atoms with E-state index in [9.17, 15) is 0 Å². The summed E-state index contributed by atoms with van der Waals surface area (Å²) >= 11 is 0. The average Bonchev–Trinajstić information content (AvgIpc) is 2.73. The summed E-state index contributed by atoms with van der Waals surface area (Å²) in [6, 6.07) is 2.89. The van der Waals surface area contributed by atoms with Crippen LogP contribution in [0.2, 0.25) is 0 Å². The zero-order valence-electron chi connectivity index (χ0n) is 11.9. The second-order valence-electron chi connectivity index (χ2n) is 5.56. The molecule has 4 heteroatoms. The van der Waals surface area contributed by atoms with Crippen LogP contribution in [0.25, 0.3) is 0 Å². The molecule has 18 heavy (non-hydrogen) atoms. The van der Waals surface area contributed by atoms with Crippen molar-refractivity contribution >= 4 is 0 Å². The maximum atomic E-state index is 5.82. The number of nitrogens with two attached hydrogens (primary N) is 1. The van der Waals surface area contributed by atoms with Crippen molar-refractivity contribution in [1.82, 2.24) is 14.7 Å². The number of likely N-dealkylation sites (tertiary alicyclic amines) is 1. The molecule has 2 N–H and O–H groups in total. The Morgan fingerprint density at radius 2 is 2.22 bits per heavy atom. The number of aryl methyl sites for hydroxylation is 2. The highest BCUT2D eigenvalue weighted by atomic mass is 15.3. The molecule has 0 bridgehead atoms. The van der Waals surface area contributed by atoms with Crippen LogP contribution in [0.1, 0.15) is 38.1 Å². The molecule has 2 heterocycles. The van der Waals surface area contributed by atoms with Gasteiger partial charge in [-0.3, -0.25) is 9.58 Å². The van der Waals surface area contributed by atoms with E-state index >= 15 is 0 Å². The minimum atomic E-state index is 0.660. The Morgan fingerprint density at radius 3 is 2.83 bits per heavy atom. The Morgan fingerprint density at radius 1 is 1.44 bits per heavy atom. The van der Waals surface area contributed by atoms with Gasteiger partial charge in [-0.25, -0.2) is 0 Å². The smallest absolute Gasteiger partial charge is 0.0625 e. The number of piperidine rings is 1. The number of nitrogens with zero attached hydrogens (tertiary/aromatic N) is 3. The second-order valence-corrected chi connectivity index (χ2v) is 5.56. The summed E-state index contributed by atoms with van der Waals surface area (Å²) < 4.78 is 2.03. The lowest BCUT2D eigenvalue weighted by atomic mass is 9.93. The van der Waals surface area contributed by atoms with Gasteiger partial charge >= 0.3 is 0 Å². The first kappa shape index (κ1) is 13.6. The van der Waals surface area contributed by atoms with Gasteiger partial charge in [-0.15, -0.1) is 0 Å². The Balaban J connectivity index is 2.04. The summed E-state index contributed by atoms with van der Waals surface area (Å²) in [5, 5.41) is 4.52. The Labute approximate surface area is 110 Å². The zero-order chi connectivity index (χ0) is 13.1. The maximum Gasteiger partial charge on any atom is 0.0625 e. The van der Waals surface area contributed by atoms with Gasteiger partial charge in [0.15, 0.2) is 0 Å². The quantitative estimate of drug-likeness (QED) is 0.882. The molecule has 1 aromatic rings. The number of hydrogen-bond donors (Lipinski definition) is 1. The molecule has 0 spiro atoms. The molecule has 1 aromatic heterocycles. The van der Waals surface area contributed by atoms with Crippen molar-refractivity contribution in [3.8, 4) is 0 Å². The van der Waals surface area contributed by atoms with Crippen molar-refractivity contribution < 1.29 is 0 Å². The van der Waals surface area contributed by atoms with Crippen molar-refractivity contribution in [2.24, 2.45) is 18.7 Å². The first-order valence-electron chi connectivity index (χ1n) is 7.10. The average molecular weight is 250 g/mol. The molecule has 1 fully saturated rings. The second kappa shape index (κ2) is 5.85.